The minimum Gasteiger partial charge on any atom is -0.361 e. The number of amides is 1. The van der Waals surface area contributed by atoms with Gasteiger partial charge in [0.15, 0.2) is 5.82 Å². The van der Waals surface area contributed by atoms with Crippen LogP contribution < -0.4 is 5.32 Å². The van der Waals surface area contributed by atoms with Crippen LogP contribution in [0.25, 0.3) is 10.9 Å². The number of hydrogen-bond donors (Lipinski definition) is 2. The molecule has 0 aliphatic rings. The zero-order valence-corrected chi connectivity index (χ0v) is 19.0. The zero-order valence-electron chi connectivity index (χ0n) is 19.0. The van der Waals surface area contributed by atoms with Crippen LogP contribution in [0.15, 0.2) is 85.2 Å². The quantitative estimate of drug-likeness (QED) is 0.371. The molecule has 0 spiro atoms. The Bertz CT molecular complexity index is 1390. The lowest BCUT2D eigenvalue weighted by atomic mass is 10.0. The molecule has 0 bridgehead atoms. The summed E-state index contributed by atoms with van der Waals surface area (Å²) in [6.07, 6.45) is 5.83. The first-order chi connectivity index (χ1) is 16.7. The number of pyridine rings is 1. The van der Waals surface area contributed by atoms with Gasteiger partial charge in [0.1, 0.15) is 11.5 Å². The van der Waals surface area contributed by atoms with Gasteiger partial charge in [0.2, 0.25) is 0 Å². The fraction of sp³-hybridized carbons (Fsp3) is 0.185. The van der Waals surface area contributed by atoms with Crippen LogP contribution in [-0.2, 0) is 26.3 Å². The number of carbonyl (C=O) groups excluding carboxylic acids is 1. The van der Waals surface area contributed by atoms with Crippen molar-refractivity contribution in [2.24, 2.45) is 7.05 Å². The second-order valence-corrected chi connectivity index (χ2v) is 8.32. The molecule has 5 aromatic rings. The highest BCUT2D eigenvalue weighted by atomic mass is 16.1. The molecule has 0 unspecified atom stereocenters. The van der Waals surface area contributed by atoms with Crippen LogP contribution in [0.1, 0.15) is 39.3 Å². The summed E-state index contributed by atoms with van der Waals surface area (Å²) in [6, 6.07) is 23.4. The predicted octanol–water partition coefficient (Wildman–Crippen LogP) is 4.19. The molecule has 0 saturated heterocycles. The standard InChI is InChI=1S/C27H26N6O/c1-33-25(15-14-19-9-3-2-4-10-19)31-32-26(33)24(30-27(34)23-13-7-8-16-28-23)17-20-18-29-22-12-6-5-11-21(20)22/h2-13,16,18,24,29H,14-15,17H2,1H3,(H,30,34)/t24-/m1/s1. The zero-order chi connectivity index (χ0) is 23.3. The highest BCUT2D eigenvalue weighted by Gasteiger charge is 2.24. The molecule has 0 radical (unpaired) electrons. The van der Waals surface area contributed by atoms with Crippen molar-refractivity contribution in [1.29, 1.82) is 0 Å². The van der Waals surface area contributed by atoms with E-state index >= 15 is 0 Å². The number of aromatic amines is 1. The number of para-hydroxylation sites is 1. The Morgan fingerprint density at radius 2 is 1.76 bits per heavy atom. The molecule has 34 heavy (non-hydrogen) atoms. The van der Waals surface area contributed by atoms with Crippen molar-refractivity contribution in [1.82, 2.24) is 30.0 Å². The number of aryl methyl sites for hydroxylation is 2. The minimum atomic E-state index is -0.364. The number of fused-ring (bicyclic) bond motifs is 1. The van der Waals surface area contributed by atoms with E-state index in [-0.39, 0.29) is 11.9 Å². The summed E-state index contributed by atoms with van der Waals surface area (Å²) in [4.78, 5) is 20.5. The highest BCUT2D eigenvalue weighted by molar-refractivity contribution is 5.92. The Morgan fingerprint density at radius 3 is 2.59 bits per heavy atom. The van der Waals surface area contributed by atoms with Gasteiger partial charge in [-0.1, -0.05) is 54.6 Å². The number of nitrogens with zero attached hydrogens (tertiary/aromatic N) is 4. The van der Waals surface area contributed by atoms with E-state index in [2.05, 4.69) is 43.7 Å². The largest absolute Gasteiger partial charge is 0.361 e. The predicted molar refractivity (Wildman–Crippen MR) is 131 cm³/mol. The molecule has 2 N–H and O–H groups in total. The van der Waals surface area contributed by atoms with Crippen molar-refractivity contribution in [2.75, 3.05) is 0 Å². The van der Waals surface area contributed by atoms with E-state index in [0.29, 0.717) is 12.1 Å². The molecule has 2 aromatic carbocycles. The van der Waals surface area contributed by atoms with Crippen LogP contribution in [0.3, 0.4) is 0 Å². The van der Waals surface area contributed by atoms with Crippen molar-refractivity contribution in [3.05, 3.63) is 114 Å². The summed E-state index contributed by atoms with van der Waals surface area (Å²) < 4.78 is 2.00. The van der Waals surface area contributed by atoms with Gasteiger partial charge in [-0.05, 0) is 35.7 Å². The molecular weight excluding hydrogens is 424 g/mol. The summed E-state index contributed by atoms with van der Waals surface area (Å²) >= 11 is 0. The first-order valence-electron chi connectivity index (χ1n) is 11.4. The van der Waals surface area contributed by atoms with Gasteiger partial charge < -0.3 is 14.9 Å². The van der Waals surface area contributed by atoms with Gasteiger partial charge in [-0.25, -0.2) is 0 Å². The molecule has 1 amide bonds. The number of aromatic nitrogens is 5. The van der Waals surface area contributed by atoms with E-state index < -0.39 is 0 Å². The third kappa shape index (κ3) is 4.59. The van der Waals surface area contributed by atoms with Crippen molar-refractivity contribution in [3.8, 4) is 0 Å². The molecular formula is C27H26N6O. The highest BCUT2D eigenvalue weighted by Crippen LogP contribution is 2.24. The number of H-pyrrole nitrogens is 1. The molecule has 0 saturated carbocycles. The maximum absolute atomic E-state index is 13.0. The summed E-state index contributed by atoms with van der Waals surface area (Å²) in [5.74, 6) is 1.37. The van der Waals surface area contributed by atoms with Crippen LogP contribution in [0.5, 0.6) is 0 Å². The Balaban J connectivity index is 1.43. The van der Waals surface area contributed by atoms with Crippen molar-refractivity contribution < 1.29 is 4.79 Å². The molecule has 7 heteroatoms. The lowest BCUT2D eigenvalue weighted by Gasteiger charge is -2.18. The van der Waals surface area contributed by atoms with Crippen molar-refractivity contribution >= 4 is 16.8 Å². The molecule has 3 aromatic heterocycles. The first kappa shape index (κ1) is 21.6. The normalized spacial score (nSPS) is 12.0. The maximum Gasteiger partial charge on any atom is 0.270 e. The Labute approximate surface area is 197 Å². The Kier molecular flexibility index (Phi) is 6.16. The molecule has 170 valence electrons. The molecule has 5 rings (SSSR count). The van der Waals surface area contributed by atoms with Crippen LogP contribution >= 0.6 is 0 Å². The van der Waals surface area contributed by atoms with Crippen LogP contribution in [0.2, 0.25) is 0 Å². The molecule has 0 aliphatic heterocycles. The summed E-state index contributed by atoms with van der Waals surface area (Å²) in [6.45, 7) is 0. The van der Waals surface area contributed by atoms with E-state index in [0.717, 1.165) is 41.0 Å². The minimum absolute atomic E-state index is 0.237. The second kappa shape index (κ2) is 9.70. The fourth-order valence-corrected chi connectivity index (χ4v) is 4.25. The first-order valence-corrected chi connectivity index (χ1v) is 11.4. The number of benzene rings is 2. The van der Waals surface area contributed by atoms with E-state index in [4.69, 9.17) is 0 Å². The van der Waals surface area contributed by atoms with E-state index in [1.165, 1.54) is 5.56 Å². The van der Waals surface area contributed by atoms with E-state index in [1.807, 2.05) is 54.2 Å². The maximum atomic E-state index is 13.0. The van der Waals surface area contributed by atoms with E-state index in [9.17, 15) is 4.79 Å². The number of nitrogens with one attached hydrogen (secondary N) is 2. The number of carbonyl (C=O) groups is 1. The van der Waals surface area contributed by atoms with Crippen LogP contribution in [0, 0.1) is 0 Å². The van der Waals surface area contributed by atoms with Crippen molar-refractivity contribution in [2.45, 2.75) is 25.3 Å². The number of rotatable bonds is 8. The van der Waals surface area contributed by atoms with Gasteiger partial charge >= 0.3 is 0 Å². The van der Waals surface area contributed by atoms with Gasteiger partial charge in [-0.2, -0.15) is 0 Å². The second-order valence-electron chi connectivity index (χ2n) is 8.32. The van der Waals surface area contributed by atoms with Gasteiger partial charge in [0.05, 0.1) is 6.04 Å². The lowest BCUT2D eigenvalue weighted by Crippen LogP contribution is -2.32. The third-order valence-corrected chi connectivity index (χ3v) is 6.09. The monoisotopic (exact) mass is 450 g/mol. The Morgan fingerprint density at radius 1 is 0.971 bits per heavy atom. The van der Waals surface area contributed by atoms with Crippen LogP contribution in [0.4, 0.5) is 0 Å². The van der Waals surface area contributed by atoms with Crippen molar-refractivity contribution in [3.63, 3.8) is 0 Å². The Hall–Kier alpha value is -4.26. The summed E-state index contributed by atoms with van der Waals surface area (Å²) in [7, 11) is 1.96. The summed E-state index contributed by atoms with van der Waals surface area (Å²) in [5.41, 5.74) is 3.80. The SMILES string of the molecule is Cn1c(CCc2ccccc2)nnc1[C@@H](Cc1c[nH]c2ccccc12)NC(=O)c1ccccn1. The fourth-order valence-electron chi connectivity index (χ4n) is 4.25. The molecule has 7 nitrogen and oxygen atoms in total. The molecule has 1 atom stereocenters. The van der Waals surface area contributed by atoms with Gasteiger partial charge in [0, 0.05) is 43.2 Å². The van der Waals surface area contributed by atoms with Crippen LogP contribution in [-0.4, -0.2) is 30.6 Å². The third-order valence-electron chi connectivity index (χ3n) is 6.09. The number of hydrogen-bond acceptors (Lipinski definition) is 4. The molecule has 3 heterocycles. The molecule has 0 aliphatic carbocycles. The summed E-state index contributed by atoms with van der Waals surface area (Å²) in [5, 5.41) is 13.2. The van der Waals surface area contributed by atoms with E-state index in [1.54, 1.807) is 24.4 Å². The van der Waals surface area contributed by atoms with Gasteiger partial charge in [-0.15, -0.1) is 10.2 Å². The topological polar surface area (TPSA) is 88.5 Å². The average Bonchev–Trinajstić information content (AvgIpc) is 3.46. The smallest absolute Gasteiger partial charge is 0.270 e. The lowest BCUT2D eigenvalue weighted by molar-refractivity contribution is 0.0929. The average molecular weight is 451 g/mol. The molecule has 0 fully saturated rings. The van der Waals surface area contributed by atoms with Gasteiger partial charge in [-0.3, -0.25) is 9.78 Å². The van der Waals surface area contributed by atoms with Gasteiger partial charge in [0.25, 0.3) is 5.91 Å².